The molecule has 158 valence electrons. The molecule has 1 fully saturated rings. The number of hydrogen-bond acceptors (Lipinski definition) is 4. The number of aliphatic imine (C=N–C) groups is 1. The van der Waals surface area contributed by atoms with Gasteiger partial charge in [0.1, 0.15) is 5.84 Å². The van der Waals surface area contributed by atoms with Crippen LogP contribution in [0.3, 0.4) is 0 Å². The smallest absolute Gasteiger partial charge is 0.262 e. The molecule has 0 saturated heterocycles. The van der Waals surface area contributed by atoms with Crippen molar-refractivity contribution in [1.82, 2.24) is 4.72 Å². The highest BCUT2D eigenvalue weighted by Gasteiger charge is 2.45. The highest BCUT2D eigenvalue weighted by Crippen LogP contribution is 2.44. The van der Waals surface area contributed by atoms with E-state index in [9.17, 15) is 13.2 Å². The number of anilines is 1. The summed E-state index contributed by atoms with van der Waals surface area (Å²) < 4.78 is 27.9. The molecule has 0 radical (unpaired) electrons. The Bertz CT molecular complexity index is 1030. The summed E-state index contributed by atoms with van der Waals surface area (Å²) in [6.07, 6.45) is 6.31. The van der Waals surface area contributed by atoms with Crippen LogP contribution >= 0.6 is 0 Å². The van der Waals surface area contributed by atoms with E-state index in [1.807, 2.05) is 30.3 Å². The molecule has 0 unspecified atom stereocenters. The van der Waals surface area contributed by atoms with Crippen LogP contribution in [0.25, 0.3) is 0 Å². The molecule has 2 aliphatic rings. The minimum absolute atomic E-state index is 0.0403. The quantitative estimate of drug-likeness (QED) is 0.759. The van der Waals surface area contributed by atoms with E-state index in [0.717, 1.165) is 44.1 Å². The summed E-state index contributed by atoms with van der Waals surface area (Å²) in [6, 6.07) is 16.2. The molecule has 2 aromatic rings. The van der Waals surface area contributed by atoms with Gasteiger partial charge in [-0.25, -0.2) is 8.42 Å². The Morgan fingerprint density at radius 1 is 0.900 bits per heavy atom. The zero-order chi connectivity index (χ0) is 21.0. The van der Waals surface area contributed by atoms with Gasteiger partial charge in [-0.3, -0.25) is 14.5 Å². The maximum absolute atomic E-state index is 13.0. The largest absolute Gasteiger partial charge is 0.325 e. The van der Waals surface area contributed by atoms with E-state index in [1.54, 1.807) is 12.1 Å². The van der Waals surface area contributed by atoms with Crippen molar-refractivity contribution in [2.24, 2.45) is 4.99 Å². The van der Waals surface area contributed by atoms with Gasteiger partial charge in [-0.15, -0.1) is 0 Å². The Morgan fingerprint density at radius 3 is 2.30 bits per heavy atom. The highest BCUT2D eigenvalue weighted by atomic mass is 32.2. The molecule has 0 bridgehead atoms. The number of hydrogen-bond donors (Lipinski definition) is 2. The van der Waals surface area contributed by atoms with Crippen LogP contribution in [0.5, 0.6) is 0 Å². The summed E-state index contributed by atoms with van der Waals surface area (Å²) in [4.78, 5) is 17.5. The molecule has 0 aromatic heterocycles. The topological polar surface area (TPSA) is 87.6 Å². The van der Waals surface area contributed by atoms with Crippen molar-refractivity contribution in [1.29, 1.82) is 0 Å². The van der Waals surface area contributed by atoms with Crippen LogP contribution in [0.2, 0.25) is 0 Å². The number of nitrogens with zero attached hydrogens (tertiary/aromatic N) is 1. The minimum atomic E-state index is -3.68. The summed E-state index contributed by atoms with van der Waals surface area (Å²) in [5.41, 5.74) is 1.12. The summed E-state index contributed by atoms with van der Waals surface area (Å²) in [6.45, 7) is 0.659. The molecule has 30 heavy (non-hydrogen) atoms. The van der Waals surface area contributed by atoms with Crippen molar-refractivity contribution in [2.45, 2.75) is 55.3 Å². The first kappa shape index (κ1) is 20.6. The first-order valence-electron chi connectivity index (χ1n) is 10.5. The summed E-state index contributed by atoms with van der Waals surface area (Å²) in [5.74, 6) is 0.487. The van der Waals surface area contributed by atoms with Gasteiger partial charge in [0.05, 0.1) is 10.3 Å². The molecule has 1 amide bonds. The number of nitrogens with one attached hydrogen (secondary N) is 2. The molecule has 1 aliphatic carbocycles. The molecule has 1 aliphatic heterocycles. The van der Waals surface area contributed by atoms with Crippen molar-refractivity contribution in [2.75, 3.05) is 11.9 Å². The Labute approximate surface area is 177 Å². The zero-order valence-electron chi connectivity index (χ0n) is 16.9. The van der Waals surface area contributed by atoms with Crippen LogP contribution in [0, 0.1) is 0 Å². The van der Waals surface area contributed by atoms with Crippen molar-refractivity contribution >= 4 is 27.5 Å². The van der Waals surface area contributed by atoms with E-state index in [-0.39, 0.29) is 10.8 Å². The monoisotopic (exact) mass is 425 g/mol. The second-order valence-corrected chi connectivity index (χ2v) is 9.71. The minimum Gasteiger partial charge on any atom is -0.325 e. The first-order valence-corrected chi connectivity index (χ1v) is 12.0. The molecule has 2 aromatic carbocycles. The third-order valence-electron chi connectivity index (χ3n) is 6.02. The molecule has 2 N–H and O–H groups in total. The van der Waals surface area contributed by atoms with Gasteiger partial charge in [0, 0.05) is 18.7 Å². The van der Waals surface area contributed by atoms with Gasteiger partial charge in [0.15, 0.2) is 0 Å². The zero-order valence-corrected chi connectivity index (χ0v) is 17.7. The first-order chi connectivity index (χ1) is 14.5. The van der Waals surface area contributed by atoms with Crippen LogP contribution in [0.4, 0.5) is 5.69 Å². The molecule has 1 saturated carbocycles. The van der Waals surface area contributed by atoms with E-state index in [2.05, 4.69) is 15.0 Å². The second-order valence-electron chi connectivity index (χ2n) is 8.02. The molecule has 4 rings (SSSR count). The highest BCUT2D eigenvalue weighted by molar-refractivity contribution is 7.90. The van der Waals surface area contributed by atoms with Gasteiger partial charge >= 0.3 is 0 Å². The van der Waals surface area contributed by atoms with E-state index < -0.39 is 15.4 Å². The molecular formula is C23H27N3O3S. The molecule has 6 nitrogen and oxygen atoms in total. The number of amidine groups is 1. The lowest BCUT2D eigenvalue weighted by Crippen LogP contribution is -2.45. The Kier molecular flexibility index (Phi) is 5.90. The van der Waals surface area contributed by atoms with Gasteiger partial charge < -0.3 is 5.32 Å². The average molecular weight is 426 g/mol. The molecular weight excluding hydrogens is 398 g/mol. The number of sulfonamides is 1. The SMILES string of the molecule is O=C(Nc1ccc(S(=O)(=O)NC2=NCCCCC2)cc1)C1(c2ccccc2)CCC1. The lowest BCUT2D eigenvalue weighted by molar-refractivity contribution is -0.124. The summed E-state index contributed by atoms with van der Waals surface area (Å²) >= 11 is 0. The van der Waals surface area contributed by atoms with E-state index in [4.69, 9.17) is 0 Å². The second kappa shape index (κ2) is 8.60. The van der Waals surface area contributed by atoms with Gasteiger partial charge in [-0.1, -0.05) is 43.2 Å². The predicted octanol–water partition coefficient (Wildman–Crippen LogP) is 4.00. The summed E-state index contributed by atoms with van der Waals surface area (Å²) in [5, 5.41) is 2.97. The van der Waals surface area contributed by atoms with Crippen LogP contribution in [-0.2, 0) is 20.2 Å². The molecule has 0 atom stereocenters. The van der Waals surface area contributed by atoms with Gasteiger partial charge in [0.2, 0.25) is 5.91 Å². The standard InChI is InChI=1S/C23H27N3O3S/c27-22(23(15-7-16-23)18-8-3-1-4-9-18)25-19-11-13-20(14-12-19)30(28,29)26-21-10-5-2-6-17-24-21/h1,3-4,8-9,11-14H,2,5-7,10,15-17H2,(H,24,26)(H,25,27). The number of rotatable bonds is 5. The number of benzene rings is 2. The lowest BCUT2D eigenvalue weighted by Gasteiger charge is -2.40. The maximum atomic E-state index is 13.0. The Balaban J connectivity index is 1.46. The maximum Gasteiger partial charge on any atom is 0.262 e. The fourth-order valence-corrected chi connectivity index (χ4v) is 5.16. The number of carbonyl (C=O) groups is 1. The van der Waals surface area contributed by atoms with Crippen molar-refractivity contribution in [3.8, 4) is 0 Å². The van der Waals surface area contributed by atoms with Crippen LogP contribution < -0.4 is 10.0 Å². The Morgan fingerprint density at radius 2 is 1.63 bits per heavy atom. The fourth-order valence-electron chi connectivity index (χ4n) is 4.07. The molecule has 0 spiro atoms. The van der Waals surface area contributed by atoms with Crippen molar-refractivity contribution < 1.29 is 13.2 Å². The van der Waals surface area contributed by atoms with E-state index >= 15 is 0 Å². The van der Waals surface area contributed by atoms with Crippen LogP contribution in [0.15, 0.2) is 64.5 Å². The number of amides is 1. The third-order valence-corrected chi connectivity index (χ3v) is 7.41. The molecule has 1 heterocycles. The van der Waals surface area contributed by atoms with Gasteiger partial charge in [-0.2, -0.15) is 0 Å². The predicted molar refractivity (Wildman–Crippen MR) is 118 cm³/mol. The van der Waals surface area contributed by atoms with Crippen molar-refractivity contribution in [3.05, 3.63) is 60.2 Å². The number of carbonyl (C=O) groups excluding carboxylic acids is 1. The summed E-state index contributed by atoms with van der Waals surface area (Å²) in [7, 11) is -3.68. The average Bonchev–Trinajstić information content (AvgIpc) is 2.96. The van der Waals surface area contributed by atoms with Crippen LogP contribution in [0.1, 0.15) is 50.5 Å². The van der Waals surface area contributed by atoms with E-state index in [0.29, 0.717) is 24.5 Å². The van der Waals surface area contributed by atoms with E-state index in [1.165, 1.54) is 12.1 Å². The normalized spacial score (nSPS) is 18.5. The van der Waals surface area contributed by atoms with Gasteiger partial charge in [-0.05, 0) is 55.5 Å². The lowest BCUT2D eigenvalue weighted by atomic mass is 9.64. The van der Waals surface area contributed by atoms with Gasteiger partial charge in [0.25, 0.3) is 10.0 Å². The molecule has 7 heteroatoms. The fraction of sp³-hybridized carbons (Fsp3) is 0.391. The Hall–Kier alpha value is -2.67. The third kappa shape index (κ3) is 4.26. The van der Waals surface area contributed by atoms with Crippen molar-refractivity contribution in [3.63, 3.8) is 0 Å². The van der Waals surface area contributed by atoms with Crippen LogP contribution in [-0.4, -0.2) is 26.7 Å².